The first-order chi connectivity index (χ1) is 10.4. The number of nitrogens with zero attached hydrogens (tertiary/aromatic N) is 1. The van der Waals surface area contributed by atoms with Crippen LogP contribution in [-0.4, -0.2) is 4.98 Å². The summed E-state index contributed by atoms with van der Waals surface area (Å²) in [7, 11) is 0. The Morgan fingerprint density at radius 1 is 0.952 bits per heavy atom. The van der Waals surface area contributed by atoms with Crippen molar-refractivity contribution in [3.8, 4) is 11.3 Å². The van der Waals surface area contributed by atoms with Crippen LogP contribution in [0.1, 0.15) is 29.9 Å². The summed E-state index contributed by atoms with van der Waals surface area (Å²) in [5.74, 6) is 1.77. The highest BCUT2D eigenvalue weighted by molar-refractivity contribution is 5.95. The van der Waals surface area contributed by atoms with Crippen LogP contribution in [0.5, 0.6) is 0 Å². The minimum atomic E-state index is 0.812. The van der Waals surface area contributed by atoms with Gasteiger partial charge in [-0.3, -0.25) is 4.98 Å². The van der Waals surface area contributed by atoms with Gasteiger partial charge in [-0.2, -0.15) is 0 Å². The minimum absolute atomic E-state index is 0.812. The van der Waals surface area contributed by atoms with Crippen molar-refractivity contribution in [1.29, 1.82) is 0 Å². The lowest BCUT2D eigenvalue weighted by Gasteiger charge is -2.42. The van der Waals surface area contributed by atoms with Crippen LogP contribution < -0.4 is 0 Å². The summed E-state index contributed by atoms with van der Waals surface area (Å²) in [6.07, 6.45) is 6.03. The predicted molar refractivity (Wildman–Crippen MR) is 86.3 cm³/mol. The molecule has 1 nitrogen and oxygen atoms in total. The molecule has 102 valence electrons. The molecule has 0 aliphatic heterocycles. The van der Waals surface area contributed by atoms with Crippen LogP contribution in [0.15, 0.2) is 54.7 Å². The maximum atomic E-state index is 4.66. The van der Waals surface area contributed by atoms with Crippen LogP contribution in [0.4, 0.5) is 0 Å². The van der Waals surface area contributed by atoms with Crippen LogP contribution >= 0.6 is 0 Å². The summed E-state index contributed by atoms with van der Waals surface area (Å²) in [5.41, 5.74) is 5.51. The molecular formula is C20H17N. The van der Waals surface area contributed by atoms with Gasteiger partial charge in [0.05, 0.1) is 5.69 Å². The van der Waals surface area contributed by atoms with E-state index in [9.17, 15) is 0 Å². The van der Waals surface area contributed by atoms with Crippen molar-refractivity contribution >= 4 is 10.8 Å². The van der Waals surface area contributed by atoms with Crippen LogP contribution in [0.2, 0.25) is 0 Å². The van der Waals surface area contributed by atoms with E-state index in [0.29, 0.717) is 0 Å². The van der Waals surface area contributed by atoms with Gasteiger partial charge in [0, 0.05) is 17.1 Å². The van der Waals surface area contributed by atoms with Crippen molar-refractivity contribution < 1.29 is 0 Å². The van der Waals surface area contributed by atoms with E-state index >= 15 is 0 Å². The summed E-state index contributed by atoms with van der Waals surface area (Å²) in [5, 5.41) is 2.65. The zero-order valence-corrected chi connectivity index (χ0v) is 11.9. The molecule has 0 saturated heterocycles. The first kappa shape index (κ1) is 11.5. The van der Waals surface area contributed by atoms with Gasteiger partial charge in [-0.1, -0.05) is 36.4 Å². The van der Waals surface area contributed by atoms with Gasteiger partial charge in [-0.25, -0.2) is 0 Å². The Kier molecular flexibility index (Phi) is 2.29. The van der Waals surface area contributed by atoms with E-state index < -0.39 is 0 Å². The zero-order valence-electron chi connectivity index (χ0n) is 11.9. The predicted octanol–water partition coefficient (Wildman–Crippen LogP) is 4.95. The van der Waals surface area contributed by atoms with Gasteiger partial charge in [-0.15, -0.1) is 0 Å². The Labute approximate surface area is 124 Å². The normalized spacial score (nSPS) is 22.7. The number of pyridine rings is 1. The molecule has 0 atom stereocenters. The smallest absolute Gasteiger partial charge is 0.0780 e. The van der Waals surface area contributed by atoms with Crippen molar-refractivity contribution in [2.24, 2.45) is 5.92 Å². The van der Waals surface area contributed by atoms with E-state index in [1.165, 1.54) is 35.6 Å². The molecule has 0 spiro atoms. The SMILES string of the molecule is c1ccc(-c2nccc3cc4c(cc23)C2CC(C4)C2)cc1. The third-order valence-corrected chi connectivity index (χ3v) is 5.26. The Morgan fingerprint density at radius 2 is 1.81 bits per heavy atom. The molecule has 1 heteroatoms. The Morgan fingerprint density at radius 3 is 2.67 bits per heavy atom. The fourth-order valence-electron chi connectivity index (χ4n) is 4.14. The lowest BCUT2D eigenvalue weighted by atomic mass is 9.62. The van der Waals surface area contributed by atoms with E-state index in [1.54, 1.807) is 11.1 Å². The molecule has 0 unspecified atom stereocenters. The van der Waals surface area contributed by atoms with E-state index in [1.807, 2.05) is 6.20 Å². The first-order valence-corrected chi connectivity index (χ1v) is 7.85. The number of hydrogen-bond acceptors (Lipinski definition) is 1. The highest BCUT2D eigenvalue weighted by Crippen LogP contribution is 2.50. The van der Waals surface area contributed by atoms with Crippen molar-refractivity contribution in [2.45, 2.75) is 25.2 Å². The molecule has 3 aliphatic rings. The minimum Gasteiger partial charge on any atom is -0.256 e. The van der Waals surface area contributed by atoms with Crippen molar-refractivity contribution in [1.82, 2.24) is 4.98 Å². The molecule has 1 heterocycles. The zero-order chi connectivity index (χ0) is 13.8. The maximum Gasteiger partial charge on any atom is 0.0780 e. The number of fused-ring (bicyclic) bond motifs is 1. The molecule has 3 aromatic rings. The van der Waals surface area contributed by atoms with Crippen LogP contribution in [-0.2, 0) is 6.42 Å². The van der Waals surface area contributed by atoms with Crippen LogP contribution in [0, 0.1) is 5.92 Å². The van der Waals surface area contributed by atoms with Crippen molar-refractivity contribution in [2.75, 3.05) is 0 Å². The molecule has 0 radical (unpaired) electrons. The quantitative estimate of drug-likeness (QED) is 0.610. The molecule has 1 saturated carbocycles. The number of hydrogen-bond donors (Lipinski definition) is 0. The highest BCUT2D eigenvalue weighted by atomic mass is 14.7. The van der Waals surface area contributed by atoms with Gasteiger partial charge in [0.2, 0.25) is 0 Å². The van der Waals surface area contributed by atoms with Gasteiger partial charge < -0.3 is 0 Å². The molecule has 1 fully saturated rings. The summed E-state index contributed by atoms with van der Waals surface area (Å²) in [6.45, 7) is 0. The van der Waals surface area contributed by atoms with Crippen molar-refractivity contribution in [3.63, 3.8) is 0 Å². The first-order valence-electron chi connectivity index (χ1n) is 7.85. The molecule has 6 rings (SSSR count). The Hall–Kier alpha value is -2.15. The number of benzene rings is 2. The molecule has 2 bridgehead atoms. The summed E-state index contributed by atoms with van der Waals surface area (Å²) in [4.78, 5) is 4.66. The van der Waals surface area contributed by atoms with Crippen LogP contribution in [0.25, 0.3) is 22.0 Å². The third kappa shape index (κ3) is 1.67. The van der Waals surface area contributed by atoms with Gasteiger partial charge in [0.1, 0.15) is 0 Å². The highest BCUT2D eigenvalue weighted by Gasteiger charge is 2.37. The topological polar surface area (TPSA) is 12.9 Å². The van der Waals surface area contributed by atoms with E-state index in [2.05, 4.69) is 53.5 Å². The summed E-state index contributed by atoms with van der Waals surface area (Å²) in [6, 6.07) is 17.5. The number of aromatic nitrogens is 1. The Bertz CT molecular complexity index is 829. The second kappa shape index (κ2) is 4.17. The monoisotopic (exact) mass is 271 g/mol. The average molecular weight is 271 g/mol. The van der Waals surface area contributed by atoms with Gasteiger partial charge >= 0.3 is 0 Å². The molecule has 21 heavy (non-hydrogen) atoms. The lowest BCUT2D eigenvalue weighted by molar-refractivity contribution is 0.238. The van der Waals surface area contributed by atoms with Gasteiger partial charge in [0.25, 0.3) is 0 Å². The van der Waals surface area contributed by atoms with Gasteiger partial charge in [-0.05, 0) is 59.7 Å². The fourth-order valence-corrected chi connectivity index (χ4v) is 4.14. The molecule has 0 amide bonds. The van der Waals surface area contributed by atoms with E-state index in [-0.39, 0.29) is 0 Å². The van der Waals surface area contributed by atoms with E-state index in [0.717, 1.165) is 17.5 Å². The largest absolute Gasteiger partial charge is 0.256 e. The molecule has 0 N–H and O–H groups in total. The molecule has 1 aromatic heterocycles. The second-order valence-electron chi connectivity index (χ2n) is 6.54. The second-order valence-corrected chi connectivity index (χ2v) is 6.54. The molecular weight excluding hydrogens is 254 g/mol. The van der Waals surface area contributed by atoms with E-state index in [4.69, 9.17) is 0 Å². The van der Waals surface area contributed by atoms with Gasteiger partial charge in [0.15, 0.2) is 0 Å². The number of rotatable bonds is 1. The summed E-state index contributed by atoms with van der Waals surface area (Å²) < 4.78 is 0. The molecule has 3 aliphatic carbocycles. The van der Waals surface area contributed by atoms with Crippen molar-refractivity contribution in [3.05, 3.63) is 65.9 Å². The average Bonchev–Trinajstić information content (AvgIpc) is 2.51. The fraction of sp³-hybridized carbons (Fsp3) is 0.250. The van der Waals surface area contributed by atoms with Crippen LogP contribution in [0.3, 0.4) is 0 Å². The molecule has 2 aromatic carbocycles. The standard InChI is InChI=1S/C20H17N/c1-2-4-14(5-3-1)20-19-12-18-16-8-13(9-16)10-17(18)11-15(19)6-7-21-20/h1-7,11-13,16H,8-10H2. The Balaban J connectivity index is 1.78. The summed E-state index contributed by atoms with van der Waals surface area (Å²) >= 11 is 0. The lowest BCUT2D eigenvalue weighted by Crippen LogP contribution is -2.30. The third-order valence-electron chi connectivity index (χ3n) is 5.26. The maximum absolute atomic E-state index is 4.66.